The maximum Gasteiger partial charge on any atom is 0.225 e. The summed E-state index contributed by atoms with van der Waals surface area (Å²) in [5, 5.41) is 10.1. The van der Waals surface area contributed by atoms with Gasteiger partial charge < -0.3 is 14.5 Å². The Balaban J connectivity index is 1.51. The van der Waals surface area contributed by atoms with Crippen LogP contribution in [0.3, 0.4) is 0 Å². The number of hydrogen-bond acceptors (Lipinski definition) is 7. The van der Waals surface area contributed by atoms with Gasteiger partial charge in [-0.1, -0.05) is 18.7 Å². The second kappa shape index (κ2) is 10.0. The fourth-order valence-corrected chi connectivity index (χ4v) is 4.95. The minimum absolute atomic E-state index is 0.0212. The number of carbonyl (C=O) groups excluding carboxylic acids is 1. The van der Waals surface area contributed by atoms with E-state index in [0.29, 0.717) is 50.0 Å². The summed E-state index contributed by atoms with van der Waals surface area (Å²) in [6.07, 6.45) is 5.95. The lowest BCUT2D eigenvalue weighted by molar-refractivity contribution is -0.134. The number of fused-ring (bicyclic) bond motifs is 1. The van der Waals surface area contributed by atoms with Crippen LogP contribution < -0.4 is 4.90 Å². The summed E-state index contributed by atoms with van der Waals surface area (Å²) >= 11 is 0. The van der Waals surface area contributed by atoms with Gasteiger partial charge >= 0.3 is 0 Å². The van der Waals surface area contributed by atoms with Gasteiger partial charge in [0.25, 0.3) is 0 Å². The molecule has 5 rings (SSSR count). The summed E-state index contributed by atoms with van der Waals surface area (Å²) in [4.78, 5) is 31.1. The summed E-state index contributed by atoms with van der Waals surface area (Å²) in [7, 11) is 1.61. The molecule has 1 atom stereocenters. The number of pyridine rings is 1. The van der Waals surface area contributed by atoms with E-state index in [0.717, 1.165) is 46.4 Å². The van der Waals surface area contributed by atoms with E-state index >= 15 is 0 Å². The van der Waals surface area contributed by atoms with Crippen molar-refractivity contribution in [2.45, 2.75) is 38.1 Å². The number of amides is 1. The molecular formula is C28H30N6O2. The van der Waals surface area contributed by atoms with Gasteiger partial charge in [0.05, 0.1) is 47.2 Å². The third kappa shape index (κ3) is 4.54. The van der Waals surface area contributed by atoms with Gasteiger partial charge in [0.2, 0.25) is 5.91 Å². The second-order valence-electron chi connectivity index (χ2n) is 9.48. The van der Waals surface area contributed by atoms with Crippen molar-refractivity contribution in [1.82, 2.24) is 19.9 Å². The van der Waals surface area contributed by atoms with Crippen molar-refractivity contribution in [3.63, 3.8) is 0 Å². The minimum atomic E-state index is 0.0212. The van der Waals surface area contributed by atoms with E-state index in [2.05, 4.69) is 27.5 Å². The molecule has 1 aromatic carbocycles. The van der Waals surface area contributed by atoms with Crippen molar-refractivity contribution in [3.05, 3.63) is 54.0 Å². The van der Waals surface area contributed by atoms with Crippen LogP contribution in [0.4, 0.5) is 5.82 Å². The Kier molecular flexibility index (Phi) is 6.66. The van der Waals surface area contributed by atoms with Crippen LogP contribution in [0, 0.1) is 11.3 Å². The molecule has 2 fully saturated rings. The number of nitriles is 1. The number of benzene rings is 1. The van der Waals surface area contributed by atoms with Gasteiger partial charge in [-0.2, -0.15) is 5.26 Å². The van der Waals surface area contributed by atoms with E-state index in [9.17, 15) is 10.1 Å². The minimum Gasteiger partial charge on any atom is -0.384 e. The van der Waals surface area contributed by atoms with Crippen LogP contribution in [0.15, 0.2) is 37.0 Å². The van der Waals surface area contributed by atoms with Crippen molar-refractivity contribution < 1.29 is 9.53 Å². The SMILES string of the molecule is C=Cc1cnc2c(-c3cc(C#N)c(N4CCN(C(=O)CCOC)C(C)C4)nc3C3CC3)cccc2n1. The second-order valence-corrected chi connectivity index (χ2v) is 9.48. The molecule has 2 aromatic heterocycles. The first-order valence-electron chi connectivity index (χ1n) is 12.4. The quantitative estimate of drug-likeness (QED) is 0.499. The summed E-state index contributed by atoms with van der Waals surface area (Å²) in [6.45, 7) is 8.13. The van der Waals surface area contributed by atoms with E-state index < -0.39 is 0 Å². The number of hydrogen-bond donors (Lipinski definition) is 0. The molecule has 1 aliphatic carbocycles. The van der Waals surface area contributed by atoms with Gasteiger partial charge in [-0.25, -0.2) is 9.97 Å². The predicted octanol–water partition coefficient (Wildman–Crippen LogP) is 4.16. The number of rotatable bonds is 7. The van der Waals surface area contributed by atoms with E-state index in [1.807, 2.05) is 36.1 Å². The Labute approximate surface area is 211 Å². The van der Waals surface area contributed by atoms with Crippen molar-refractivity contribution in [1.29, 1.82) is 5.26 Å². The van der Waals surface area contributed by atoms with E-state index in [1.165, 1.54) is 0 Å². The van der Waals surface area contributed by atoms with Crippen LogP contribution in [0.5, 0.6) is 0 Å². The highest BCUT2D eigenvalue weighted by atomic mass is 16.5. The molecule has 1 aliphatic heterocycles. The van der Waals surface area contributed by atoms with E-state index in [1.54, 1.807) is 19.4 Å². The normalized spacial score (nSPS) is 17.8. The first kappa shape index (κ1) is 23.9. The fourth-order valence-electron chi connectivity index (χ4n) is 4.95. The van der Waals surface area contributed by atoms with Crippen molar-refractivity contribution >= 4 is 28.8 Å². The Bertz CT molecular complexity index is 1360. The third-order valence-electron chi connectivity index (χ3n) is 6.97. The Morgan fingerprint density at radius 1 is 1.28 bits per heavy atom. The molecule has 0 radical (unpaired) electrons. The summed E-state index contributed by atoms with van der Waals surface area (Å²) in [6, 6.07) is 10.3. The number of aromatic nitrogens is 3. The van der Waals surface area contributed by atoms with E-state index in [-0.39, 0.29) is 11.9 Å². The molecule has 1 unspecified atom stereocenters. The van der Waals surface area contributed by atoms with Crippen molar-refractivity contribution in [2.75, 3.05) is 38.3 Å². The largest absolute Gasteiger partial charge is 0.384 e. The predicted molar refractivity (Wildman–Crippen MR) is 139 cm³/mol. The van der Waals surface area contributed by atoms with Gasteiger partial charge in [-0.15, -0.1) is 0 Å². The zero-order chi connectivity index (χ0) is 25.2. The van der Waals surface area contributed by atoms with Gasteiger partial charge in [0, 0.05) is 49.8 Å². The van der Waals surface area contributed by atoms with Gasteiger partial charge in [0.15, 0.2) is 0 Å². The van der Waals surface area contributed by atoms with Crippen LogP contribution >= 0.6 is 0 Å². The Morgan fingerprint density at radius 2 is 2.11 bits per heavy atom. The zero-order valence-corrected chi connectivity index (χ0v) is 20.8. The number of anilines is 1. The van der Waals surface area contributed by atoms with Gasteiger partial charge in [-0.3, -0.25) is 9.78 Å². The van der Waals surface area contributed by atoms with Gasteiger partial charge in [-0.05, 0) is 38.0 Å². The standard InChI is InChI=1S/C28H30N6O2/c1-4-21-16-30-27-22(6-5-7-24(27)31-21)23-14-20(15-29)28(32-26(23)19-8-9-19)33-11-12-34(18(2)17-33)25(35)10-13-36-3/h4-7,14,16,18-19H,1,8-13,17H2,2-3H3. The number of methoxy groups -OCH3 is 1. The molecule has 3 heterocycles. The number of carbonyl (C=O) groups is 1. The summed E-state index contributed by atoms with van der Waals surface area (Å²) in [5.41, 5.74) is 5.74. The smallest absolute Gasteiger partial charge is 0.225 e. The summed E-state index contributed by atoms with van der Waals surface area (Å²) in [5.74, 6) is 1.18. The molecule has 36 heavy (non-hydrogen) atoms. The zero-order valence-electron chi connectivity index (χ0n) is 20.8. The van der Waals surface area contributed by atoms with Gasteiger partial charge in [0.1, 0.15) is 11.9 Å². The average molecular weight is 483 g/mol. The fraction of sp³-hybridized carbons (Fsp3) is 0.393. The topological polar surface area (TPSA) is 95.2 Å². The lowest BCUT2D eigenvalue weighted by atomic mass is 9.97. The molecule has 8 nitrogen and oxygen atoms in total. The van der Waals surface area contributed by atoms with E-state index in [4.69, 9.17) is 9.72 Å². The highest BCUT2D eigenvalue weighted by Gasteiger charge is 2.33. The van der Waals surface area contributed by atoms with Crippen LogP contribution in [-0.2, 0) is 9.53 Å². The molecule has 0 N–H and O–H groups in total. The van der Waals surface area contributed by atoms with Crippen molar-refractivity contribution in [3.8, 4) is 17.2 Å². The van der Waals surface area contributed by atoms with Crippen molar-refractivity contribution in [2.24, 2.45) is 0 Å². The number of nitrogens with zero attached hydrogens (tertiary/aromatic N) is 6. The molecule has 1 saturated heterocycles. The molecule has 184 valence electrons. The summed E-state index contributed by atoms with van der Waals surface area (Å²) < 4.78 is 5.07. The Morgan fingerprint density at radius 3 is 2.81 bits per heavy atom. The maximum atomic E-state index is 12.6. The number of ether oxygens (including phenoxy) is 1. The average Bonchev–Trinajstić information content (AvgIpc) is 3.75. The molecule has 8 heteroatoms. The lowest BCUT2D eigenvalue weighted by Crippen LogP contribution is -2.54. The molecule has 1 amide bonds. The number of piperazine rings is 1. The van der Waals surface area contributed by atoms with Crippen LogP contribution in [0.1, 0.15) is 49.1 Å². The first-order chi connectivity index (χ1) is 17.5. The Hall–Kier alpha value is -3.83. The molecule has 2 aliphatic rings. The monoisotopic (exact) mass is 482 g/mol. The van der Waals surface area contributed by atoms with Crippen LogP contribution in [0.25, 0.3) is 28.2 Å². The first-order valence-corrected chi connectivity index (χ1v) is 12.4. The molecule has 0 bridgehead atoms. The van der Waals surface area contributed by atoms with Crippen LogP contribution in [-0.4, -0.2) is 65.2 Å². The third-order valence-corrected chi connectivity index (χ3v) is 6.97. The molecular weight excluding hydrogens is 452 g/mol. The van der Waals surface area contributed by atoms with Crippen LogP contribution in [0.2, 0.25) is 0 Å². The maximum absolute atomic E-state index is 12.6. The highest BCUT2D eigenvalue weighted by molar-refractivity contribution is 5.93. The highest BCUT2D eigenvalue weighted by Crippen LogP contribution is 2.45. The lowest BCUT2D eigenvalue weighted by Gasteiger charge is -2.41. The molecule has 0 spiro atoms. The molecule has 1 saturated carbocycles. The number of para-hydroxylation sites is 1. The molecule has 3 aromatic rings.